The molecular weight excluding hydrogens is 308 g/mol. The molecule has 0 spiro atoms. The van der Waals surface area contributed by atoms with Gasteiger partial charge in [0.15, 0.2) is 0 Å². The van der Waals surface area contributed by atoms with Gasteiger partial charge in [-0.15, -0.1) is 0 Å². The topological polar surface area (TPSA) is 84.0 Å². The van der Waals surface area contributed by atoms with Crippen molar-refractivity contribution in [2.45, 2.75) is 18.8 Å². The van der Waals surface area contributed by atoms with Gasteiger partial charge < -0.3 is 18.9 Å². The van der Waals surface area contributed by atoms with Crippen molar-refractivity contribution in [3.63, 3.8) is 0 Å². The monoisotopic (exact) mass is 332 g/mol. The predicted octanol–water partition coefficient (Wildman–Crippen LogP) is -0.0805. The second-order valence-corrected chi connectivity index (χ2v) is 5.31. The zero-order chi connectivity index (χ0) is 17.0. The summed E-state index contributed by atoms with van der Waals surface area (Å²) in [6, 6.07) is -0.519. The predicted molar refractivity (Wildman–Crippen MR) is 77.8 cm³/mol. The van der Waals surface area contributed by atoms with Crippen LogP contribution in [0.3, 0.4) is 0 Å². The standard InChI is InChI=1S/C13H24N4O6/c1-20-6-14-10-5-11(16(8-22-3)12(14)18)17(9-23-4)13(19)15(10)7-21-2/h10-11H,5-9H2,1-4H3. The van der Waals surface area contributed by atoms with E-state index in [0.717, 1.165) is 0 Å². The highest BCUT2D eigenvalue weighted by Crippen LogP contribution is 2.32. The van der Waals surface area contributed by atoms with Crippen LogP contribution in [0.5, 0.6) is 0 Å². The molecule has 0 N–H and O–H groups in total. The first kappa shape index (κ1) is 17.7. The summed E-state index contributed by atoms with van der Waals surface area (Å²) in [5.41, 5.74) is 0. The Morgan fingerprint density at radius 3 is 1.17 bits per heavy atom. The lowest BCUT2D eigenvalue weighted by Gasteiger charge is -2.55. The molecule has 0 atom stereocenters. The molecule has 0 aliphatic carbocycles. The van der Waals surface area contributed by atoms with E-state index in [1.54, 1.807) is 0 Å². The lowest BCUT2D eigenvalue weighted by Crippen LogP contribution is -2.74. The minimum Gasteiger partial charge on any atom is -0.364 e. The van der Waals surface area contributed by atoms with E-state index in [1.165, 1.54) is 48.0 Å². The molecule has 0 radical (unpaired) electrons. The van der Waals surface area contributed by atoms with Crippen LogP contribution in [0, 0.1) is 0 Å². The van der Waals surface area contributed by atoms with Gasteiger partial charge >= 0.3 is 12.1 Å². The van der Waals surface area contributed by atoms with Gasteiger partial charge in [-0.25, -0.2) is 9.59 Å². The summed E-state index contributed by atoms with van der Waals surface area (Å²) in [6.07, 6.45) is -0.334. The zero-order valence-corrected chi connectivity index (χ0v) is 13.9. The lowest BCUT2D eigenvalue weighted by atomic mass is 10.1. The summed E-state index contributed by atoms with van der Waals surface area (Å²) in [5, 5.41) is 0. The number of amides is 4. The summed E-state index contributed by atoms with van der Waals surface area (Å²) in [7, 11) is 6.01. The van der Waals surface area contributed by atoms with Crippen molar-refractivity contribution >= 4 is 12.1 Å². The van der Waals surface area contributed by atoms with Crippen LogP contribution < -0.4 is 0 Å². The molecule has 0 aromatic heterocycles. The van der Waals surface area contributed by atoms with Crippen LogP contribution in [0.1, 0.15) is 6.42 Å². The van der Waals surface area contributed by atoms with Gasteiger partial charge in [-0.3, -0.25) is 19.6 Å². The van der Waals surface area contributed by atoms with E-state index in [0.29, 0.717) is 6.42 Å². The molecule has 23 heavy (non-hydrogen) atoms. The maximum absolute atomic E-state index is 12.8. The van der Waals surface area contributed by atoms with Crippen molar-refractivity contribution in [2.24, 2.45) is 0 Å². The SMILES string of the molecule is COCN1C(=O)N(COC)C2CC1N(COC)C(=O)N2COC. The van der Waals surface area contributed by atoms with Crippen LogP contribution >= 0.6 is 0 Å². The van der Waals surface area contributed by atoms with Crippen LogP contribution in [-0.4, -0.2) is 99.4 Å². The highest BCUT2D eigenvalue weighted by Gasteiger charge is 2.51. The number of urea groups is 2. The van der Waals surface area contributed by atoms with Gasteiger partial charge in [0.1, 0.15) is 39.3 Å². The highest BCUT2D eigenvalue weighted by molar-refractivity contribution is 5.82. The molecule has 2 bridgehead atoms. The Labute approximate surface area is 135 Å². The first-order valence-corrected chi connectivity index (χ1v) is 7.20. The average Bonchev–Trinajstić information content (AvgIpc) is 2.54. The first-order chi connectivity index (χ1) is 11.1. The fourth-order valence-corrected chi connectivity index (χ4v) is 3.00. The quantitative estimate of drug-likeness (QED) is 0.618. The van der Waals surface area contributed by atoms with Crippen LogP contribution in [0.25, 0.3) is 0 Å². The summed E-state index contributed by atoms with van der Waals surface area (Å²) < 4.78 is 20.5. The van der Waals surface area contributed by atoms with Gasteiger partial charge in [0.25, 0.3) is 0 Å². The fraction of sp³-hybridized carbons (Fsp3) is 0.846. The van der Waals surface area contributed by atoms with Gasteiger partial charge in [-0.1, -0.05) is 0 Å². The average molecular weight is 332 g/mol. The third-order valence-electron chi connectivity index (χ3n) is 3.92. The van der Waals surface area contributed by atoms with E-state index in [4.69, 9.17) is 18.9 Å². The van der Waals surface area contributed by atoms with E-state index in [9.17, 15) is 9.59 Å². The van der Waals surface area contributed by atoms with Crippen LogP contribution in [-0.2, 0) is 18.9 Å². The van der Waals surface area contributed by atoms with Gasteiger partial charge in [0.05, 0.1) is 0 Å². The molecule has 2 rings (SSSR count). The maximum atomic E-state index is 12.8. The zero-order valence-electron chi connectivity index (χ0n) is 13.9. The molecule has 2 aliphatic rings. The normalized spacial score (nSPS) is 24.7. The summed E-state index contributed by atoms with van der Waals surface area (Å²) in [5.74, 6) is 0. The number of fused-ring (bicyclic) bond motifs is 2. The first-order valence-electron chi connectivity index (χ1n) is 7.20. The van der Waals surface area contributed by atoms with Crippen molar-refractivity contribution < 1.29 is 28.5 Å². The summed E-state index contributed by atoms with van der Waals surface area (Å²) in [4.78, 5) is 31.5. The van der Waals surface area contributed by atoms with E-state index in [-0.39, 0.29) is 39.0 Å². The molecule has 2 aliphatic heterocycles. The smallest absolute Gasteiger partial charge is 0.326 e. The molecule has 0 saturated carbocycles. The van der Waals surface area contributed by atoms with E-state index in [1.807, 2.05) is 0 Å². The third kappa shape index (κ3) is 3.20. The van der Waals surface area contributed by atoms with Crippen molar-refractivity contribution in [3.8, 4) is 0 Å². The number of rotatable bonds is 8. The fourth-order valence-electron chi connectivity index (χ4n) is 3.00. The molecule has 2 saturated heterocycles. The number of hydrogen-bond donors (Lipinski definition) is 0. The molecule has 0 aromatic rings. The van der Waals surface area contributed by atoms with Gasteiger partial charge in [-0.05, 0) is 0 Å². The Bertz CT molecular complexity index is 367. The summed E-state index contributed by atoms with van der Waals surface area (Å²) >= 11 is 0. The van der Waals surface area contributed by atoms with Gasteiger partial charge in [-0.2, -0.15) is 0 Å². The molecule has 10 nitrogen and oxygen atoms in total. The van der Waals surface area contributed by atoms with Crippen LogP contribution in [0.4, 0.5) is 9.59 Å². The van der Waals surface area contributed by atoms with Crippen LogP contribution in [0.2, 0.25) is 0 Å². The van der Waals surface area contributed by atoms with Crippen LogP contribution in [0.15, 0.2) is 0 Å². The number of carbonyl (C=O) groups excluding carboxylic acids is 2. The van der Waals surface area contributed by atoms with Crippen molar-refractivity contribution in [1.82, 2.24) is 19.6 Å². The molecule has 132 valence electrons. The lowest BCUT2D eigenvalue weighted by molar-refractivity contribution is -0.143. The second-order valence-electron chi connectivity index (χ2n) is 5.31. The van der Waals surface area contributed by atoms with E-state index in [2.05, 4.69) is 0 Å². The minimum absolute atomic E-state index is 0.0776. The summed E-state index contributed by atoms with van der Waals surface area (Å²) in [6.45, 7) is 0.310. The Balaban J connectivity index is 2.35. The molecule has 2 fully saturated rings. The Morgan fingerprint density at radius 2 is 0.957 bits per heavy atom. The molecule has 10 heteroatoms. The molecule has 0 unspecified atom stereocenters. The molecule has 2 heterocycles. The third-order valence-corrected chi connectivity index (χ3v) is 3.92. The second kappa shape index (κ2) is 7.77. The van der Waals surface area contributed by atoms with E-state index < -0.39 is 12.3 Å². The molecule has 4 amide bonds. The molecular formula is C13H24N4O6. The Morgan fingerprint density at radius 1 is 0.696 bits per heavy atom. The van der Waals surface area contributed by atoms with Gasteiger partial charge in [0.2, 0.25) is 0 Å². The van der Waals surface area contributed by atoms with Gasteiger partial charge in [0, 0.05) is 34.9 Å². The van der Waals surface area contributed by atoms with Crippen molar-refractivity contribution in [3.05, 3.63) is 0 Å². The largest absolute Gasteiger partial charge is 0.364 e. The number of ether oxygens (including phenoxy) is 4. The van der Waals surface area contributed by atoms with Crippen molar-refractivity contribution in [2.75, 3.05) is 55.4 Å². The Hall–Kier alpha value is -1.62. The number of nitrogens with zero attached hydrogens (tertiary/aromatic N) is 4. The molecule has 0 aromatic carbocycles. The maximum Gasteiger partial charge on any atom is 0.326 e. The van der Waals surface area contributed by atoms with Crippen molar-refractivity contribution in [1.29, 1.82) is 0 Å². The minimum atomic E-state index is -0.430. The van der Waals surface area contributed by atoms with E-state index >= 15 is 0 Å². The number of methoxy groups -OCH3 is 4. The number of hydrogen-bond acceptors (Lipinski definition) is 6. The Kier molecular flexibility index (Phi) is 5.99. The number of carbonyl (C=O) groups is 2. The highest BCUT2D eigenvalue weighted by atomic mass is 16.5.